The fourth-order valence-corrected chi connectivity index (χ4v) is 1.93. The normalized spacial score (nSPS) is 10.1. The van der Waals surface area contributed by atoms with Gasteiger partial charge >= 0.3 is 0 Å². The van der Waals surface area contributed by atoms with E-state index in [2.05, 4.69) is 0 Å². The van der Waals surface area contributed by atoms with Crippen LogP contribution >= 0.6 is 0 Å². The standard InChI is InChI=1S/C14H16N2O2/c1-17-13-8-9(15)6-7-10(13)11-4-3-5-12(16)14(11)18-2/h3-8H,15-16H2,1-2H3. The van der Waals surface area contributed by atoms with Crippen molar-refractivity contribution in [2.24, 2.45) is 0 Å². The van der Waals surface area contributed by atoms with Gasteiger partial charge in [0, 0.05) is 22.9 Å². The minimum absolute atomic E-state index is 0.592. The van der Waals surface area contributed by atoms with Crippen LogP contribution in [-0.2, 0) is 0 Å². The predicted molar refractivity (Wildman–Crippen MR) is 73.8 cm³/mol. The lowest BCUT2D eigenvalue weighted by molar-refractivity contribution is 0.411. The number of benzene rings is 2. The van der Waals surface area contributed by atoms with E-state index in [-0.39, 0.29) is 0 Å². The largest absolute Gasteiger partial charge is 0.496 e. The van der Waals surface area contributed by atoms with E-state index < -0.39 is 0 Å². The van der Waals surface area contributed by atoms with E-state index in [1.165, 1.54) is 0 Å². The number of para-hydroxylation sites is 1. The molecule has 0 saturated carbocycles. The predicted octanol–water partition coefficient (Wildman–Crippen LogP) is 2.54. The van der Waals surface area contributed by atoms with Crippen LogP contribution in [0.1, 0.15) is 0 Å². The topological polar surface area (TPSA) is 70.5 Å². The van der Waals surface area contributed by atoms with E-state index in [1.807, 2.05) is 24.3 Å². The van der Waals surface area contributed by atoms with Crippen molar-refractivity contribution < 1.29 is 9.47 Å². The number of nitrogens with two attached hydrogens (primary N) is 2. The number of nitrogen functional groups attached to an aromatic ring is 2. The van der Waals surface area contributed by atoms with E-state index in [0.29, 0.717) is 22.9 Å². The first kappa shape index (κ1) is 12.1. The van der Waals surface area contributed by atoms with Gasteiger partial charge in [0.1, 0.15) is 11.5 Å². The number of methoxy groups -OCH3 is 2. The Morgan fingerprint density at radius 1 is 0.889 bits per heavy atom. The number of rotatable bonds is 3. The van der Waals surface area contributed by atoms with Crippen molar-refractivity contribution in [2.75, 3.05) is 25.7 Å². The van der Waals surface area contributed by atoms with Crippen molar-refractivity contribution in [3.63, 3.8) is 0 Å². The van der Waals surface area contributed by atoms with Crippen molar-refractivity contribution >= 4 is 11.4 Å². The van der Waals surface area contributed by atoms with Crippen molar-refractivity contribution in [2.45, 2.75) is 0 Å². The molecule has 4 heteroatoms. The molecule has 94 valence electrons. The molecule has 0 heterocycles. The fourth-order valence-electron chi connectivity index (χ4n) is 1.93. The van der Waals surface area contributed by atoms with E-state index in [4.69, 9.17) is 20.9 Å². The molecule has 18 heavy (non-hydrogen) atoms. The molecule has 0 amide bonds. The summed E-state index contributed by atoms with van der Waals surface area (Å²) in [5, 5.41) is 0. The van der Waals surface area contributed by atoms with Gasteiger partial charge < -0.3 is 20.9 Å². The molecule has 0 atom stereocenters. The molecule has 0 aromatic heterocycles. The van der Waals surface area contributed by atoms with Gasteiger partial charge in [-0.3, -0.25) is 0 Å². The summed E-state index contributed by atoms with van der Waals surface area (Å²) in [6.45, 7) is 0. The third-order valence-corrected chi connectivity index (χ3v) is 2.77. The summed E-state index contributed by atoms with van der Waals surface area (Å²) in [5.74, 6) is 1.33. The zero-order chi connectivity index (χ0) is 13.1. The summed E-state index contributed by atoms with van der Waals surface area (Å²) in [7, 11) is 3.20. The lowest BCUT2D eigenvalue weighted by Gasteiger charge is -2.14. The summed E-state index contributed by atoms with van der Waals surface area (Å²) in [6, 6.07) is 11.1. The number of hydrogen-bond donors (Lipinski definition) is 2. The highest BCUT2D eigenvalue weighted by Gasteiger charge is 2.13. The van der Waals surface area contributed by atoms with Gasteiger partial charge in [0.25, 0.3) is 0 Å². The number of anilines is 2. The molecule has 0 aliphatic heterocycles. The van der Waals surface area contributed by atoms with Crippen molar-refractivity contribution in [1.82, 2.24) is 0 Å². The minimum Gasteiger partial charge on any atom is -0.496 e. The maximum absolute atomic E-state index is 5.90. The summed E-state index contributed by atoms with van der Waals surface area (Å²) < 4.78 is 10.7. The average Bonchev–Trinajstić information content (AvgIpc) is 2.38. The summed E-state index contributed by atoms with van der Waals surface area (Å²) in [6.07, 6.45) is 0. The van der Waals surface area contributed by atoms with Crippen molar-refractivity contribution in [3.8, 4) is 22.6 Å². The van der Waals surface area contributed by atoms with Crippen LogP contribution in [0.5, 0.6) is 11.5 Å². The molecule has 0 aliphatic carbocycles. The van der Waals surface area contributed by atoms with Gasteiger partial charge in [-0.05, 0) is 18.2 Å². The molecule has 0 unspecified atom stereocenters. The third kappa shape index (κ3) is 2.05. The first-order valence-corrected chi connectivity index (χ1v) is 5.53. The smallest absolute Gasteiger partial charge is 0.149 e. The average molecular weight is 244 g/mol. The van der Waals surface area contributed by atoms with Crippen LogP contribution in [0.4, 0.5) is 11.4 Å². The molecule has 0 spiro atoms. The van der Waals surface area contributed by atoms with E-state index in [9.17, 15) is 0 Å². The summed E-state index contributed by atoms with van der Waals surface area (Å²) in [5.41, 5.74) is 14.7. The van der Waals surface area contributed by atoms with Crippen LogP contribution in [0.15, 0.2) is 36.4 Å². The minimum atomic E-state index is 0.592. The second kappa shape index (κ2) is 4.87. The second-order valence-corrected chi connectivity index (χ2v) is 3.89. The maximum Gasteiger partial charge on any atom is 0.149 e. The Morgan fingerprint density at radius 3 is 2.33 bits per heavy atom. The SMILES string of the molecule is COc1cc(N)ccc1-c1cccc(N)c1OC. The Hall–Kier alpha value is -2.36. The third-order valence-electron chi connectivity index (χ3n) is 2.77. The Labute approximate surface area is 106 Å². The molecular formula is C14H16N2O2. The molecule has 0 aliphatic rings. The van der Waals surface area contributed by atoms with Gasteiger partial charge in [0.05, 0.1) is 19.9 Å². The number of hydrogen-bond acceptors (Lipinski definition) is 4. The Kier molecular flexibility index (Phi) is 3.28. The molecular weight excluding hydrogens is 228 g/mol. The second-order valence-electron chi connectivity index (χ2n) is 3.89. The van der Waals surface area contributed by atoms with Crippen LogP contribution in [-0.4, -0.2) is 14.2 Å². The molecule has 2 aromatic rings. The van der Waals surface area contributed by atoms with Gasteiger partial charge in [-0.15, -0.1) is 0 Å². The van der Waals surface area contributed by atoms with Crippen LogP contribution in [0.25, 0.3) is 11.1 Å². The molecule has 0 saturated heterocycles. The highest BCUT2D eigenvalue weighted by molar-refractivity contribution is 5.81. The van der Waals surface area contributed by atoms with Crippen molar-refractivity contribution in [3.05, 3.63) is 36.4 Å². The maximum atomic E-state index is 5.90. The molecule has 4 nitrogen and oxygen atoms in total. The zero-order valence-electron chi connectivity index (χ0n) is 10.4. The quantitative estimate of drug-likeness (QED) is 0.814. The van der Waals surface area contributed by atoms with Gasteiger partial charge in [0.15, 0.2) is 0 Å². The summed E-state index contributed by atoms with van der Waals surface area (Å²) >= 11 is 0. The van der Waals surface area contributed by atoms with Gasteiger partial charge in [-0.1, -0.05) is 12.1 Å². The Morgan fingerprint density at radius 2 is 1.67 bits per heavy atom. The molecule has 0 fully saturated rings. The lowest BCUT2D eigenvalue weighted by atomic mass is 10.0. The zero-order valence-corrected chi connectivity index (χ0v) is 10.4. The highest BCUT2D eigenvalue weighted by Crippen LogP contribution is 2.39. The van der Waals surface area contributed by atoms with Crippen molar-refractivity contribution in [1.29, 1.82) is 0 Å². The number of ether oxygens (including phenoxy) is 2. The lowest BCUT2D eigenvalue weighted by Crippen LogP contribution is -1.97. The molecule has 0 bridgehead atoms. The van der Waals surface area contributed by atoms with E-state index >= 15 is 0 Å². The van der Waals surface area contributed by atoms with E-state index in [1.54, 1.807) is 26.4 Å². The molecule has 2 aromatic carbocycles. The Balaban J connectivity index is 2.65. The monoisotopic (exact) mass is 244 g/mol. The van der Waals surface area contributed by atoms with Crippen LogP contribution in [0.2, 0.25) is 0 Å². The van der Waals surface area contributed by atoms with Crippen LogP contribution < -0.4 is 20.9 Å². The summed E-state index contributed by atoms with van der Waals surface area (Å²) in [4.78, 5) is 0. The molecule has 0 radical (unpaired) electrons. The van der Waals surface area contributed by atoms with Gasteiger partial charge in [-0.25, -0.2) is 0 Å². The van der Waals surface area contributed by atoms with Gasteiger partial charge in [-0.2, -0.15) is 0 Å². The molecule has 2 rings (SSSR count). The van der Waals surface area contributed by atoms with Crippen LogP contribution in [0.3, 0.4) is 0 Å². The first-order chi connectivity index (χ1) is 8.67. The highest BCUT2D eigenvalue weighted by atomic mass is 16.5. The van der Waals surface area contributed by atoms with Crippen LogP contribution in [0, 0.1) is 0 Å². The van der Waals surface area contributed by atoms with Gasteiger partial charge in [0.2, 0.25) is 0 Å². The Bertz CT molecular complexity index is 568. The van der Waals surface area contributed by atoms with E-state index in [0.717, 1.165) is 11.1 Å². The first-order valence-electron chi connectivity index (χ1n) is 5.53. The fraction of sp³-hybridized carbons (Fsp3) is 0.143. The molecule has 4 N–H and O–H groups in total.